The van der Waals surface area contributed by atoms with E-state index in [1.54, 1.807) is 0 Å². The van der Waals surface area contributed by atoms with Gasteiger partial charge in [0.15, 0.2) is 25.0 Å². The summed E-state index contributed by atoms with van der Waals surface area (Å²) in [5.74, 6) is -2.25. The van der Waals surface area contributed by atoms with Crippen LogP contribution in [0.5, 0.6) is 0 Å². The molecule has 28 atom stereocenters. The smallest absolute Gasteiger partial charge is 0.335 e. The number of ether oxygens (including phenoxy) is 8. The van der Waals surface area contributed by atoms with Crippen LogP contribution in [0.4, 0.5) is 0 Å². The third-order valence-electron chi connectivity index (χ3n) is 21.4. The summed E-state index contributed by atoms with van der Waals surface area (Å²) in [6, 6.07) is 0. The van der Waals surface area contributed by atoms with Crippen molar-refractivity contribution in [3.05, 3.63) is 11.6 Å². The van der Waals surface area contributed by atoms with Crippen molar-refractivity contribution < 1.29 is 119 Å². The van der Waals surface area contributed by atoms with Gasteiger partial charge in [0.1, 0.15) is 91.6 Å². The lowest BCUT2D eigenvalue weighted by molar-refractivity contribution is -0.374. The molecule has 0 radical (unpaired) electrons. The van der Waals surface area contributed by atoms with Crippen LogP contribution in [-0.4, -0.2) is 232 Å². The molecule has 0 bridgehead atoms. The Kier molecular flexibility index (Phi) is 16.9. The van der Waals surface area contributed by atoms with E-state index in [2.05, 4.69) is 54.5 Å². The third kappa shape index (κ3) is 9.82. The van der Waals surface area contributed by atoms with E-state index in [0.29, 0.717) is 51.4 Å². The Labute approximate surface area is 453 Å². The second-order valence-corrected chi connectivity index (χ2v) is 26.3. The highest BCUT2D eigenvalue weighted by Gasteiger charge is 2.70. The summed E-state index contributed by atoms with van der Waals surface area (Å²) in [6.45, 7) is 13.6. The number of aliphatic hydroxyl groups excluding tert-OH is 13. The Hall–Kier alpha value is -2.12. The number of carboxylic acid groups (broad SMARTS) is 1. The van der Waals surface area contributed by atoms with Gasteiger partial charge in [-0.1, -0.05) is 60.1 Å². The zero-order chi connectivity index (χ0) is 57.1. The number of carbonyl (C=O) groups excluding carboxylic acids is 1. The number of hydrogen-bond acceptors (Lipinski definition) is 23. The van der Waals surface area contributed by atoms with Crippen LogP contribution < -0.4 is 0 Å². The number of hydrogen-bond donors (Lipinski definition) is 14. The molecular formula is C54H86O24. The molecule has 4 heterocycles. The van der Waals surface area contributed by atoms with E-state index in [1.807, 2.05) is 0 Å². The number of carboxylic acids is 1. The fourth-order valence-electron chi connectivity index (χ4n) is 16.4. The van der Waals surface area contributed by atoms with Crippen molar-refractivity contribution in [2.75, 3.05) is 19.8 Å². The van der Waals surface area contributed by atoms with Crippen LogP contribution in [0.25, 0.3) is 0 Å². The van der Waals surface area contributed by atoms with E-state index < -0.39 is 172 Å². The number of rotatable bonds is 12. The quantitative estimate of drug-likeness (QED) is 0.0574. The largest absolute Gasteiger partial charge is 0.479 e. The van der Waals surface area contributed by atoms with Crippen molar-refractivity contribution in [3.63, 3.8) is 0 Å². The second-order valence-electron chi connectivity index (χ2n) is 26.3. The number of aliphatic carboxylic acids is 1. The zero-order valence-electron chi connectivity index (χ0n) is 45.5. The first kappa shape index (κ1) is 60.5. The van der Waals surface area contributed by atoms with Gasteiger partial charge in [0.2, 0.25) is 6.29 Å². The van der Waals surface area contributed by atoms with Gasteiger partial charge >= 0.3 is 11.9 Å². The Balaban J connectivity index is 0.935. The van der Waals surface area contributed by atoms with Crippen LogP contribution in [0.3, 0.4) is 0 Å². The minimum absolute atomic E-state index is 0.0352. The minimum atomic E-state index is -2.00. The van der Waals surface area contributed by atoms with E-state index in [9.17, 15) is 76.3 Å². The van der Waals surface area contributed by atoms with Crippen LogP contribution in [0.15, 0.2) is 11.6 Å². The number of allylic oxidation sites excluding steroid dienone is 2. The molecule has 24 heteroatoms. The average Bonchev–Trinajstić information content (AvgIpc) is 3.47. The molecule has 14 N–H and O–H groups in total. The SMILES string of the molecule is CC1(C)CC[C@]2(C(=O)O[C@@H]3O[C@H](CO[C@@H]4O[C@H](CO)[C@@H](O)[C@H](O)[C@H]4O)[C@@H](O)[C@H](O)[C@H]3O)CC[C@]3(C)C(=CC[C@@H]4[C@@]5(C)CC[C@H](O[C@@H]6O[C@H](C(=O)O)[C@@H](O)[C@H](O)[C@H]6O[C@@H]6O[C@H](CO)[C@@H](O)[C@H](O)[C@H]6O)C(C)(C)[C@@H]5CC[C@]43C)[C@@H]2C1. The number of fused-ring (bicyclic) bond motifs is 7. The van der Waals surface area contributed by atoms with Crippen molar-refractivity contribution in [3.8, 4) is 0 Å². The standard InChI is InChI=1S/C54H86O24/c1-49(2)14-16-54(48(70)78-46-40(67)35(62)32(59)26(74-46)21-71-44-38(65)33(60)30(57)24(19-55)72-44)17-15-52(6)22(23(54)18-49)8-9-28-51(5)12-11-29(50(3,4)27(51)10-13-53(28,52)7)75-47-42(37(64)36(63)41(76-47)43(68)69)77-45-39(66)34(61)31(58)25(20-56)73-45/h8,23-42,44-47,55-67H,9-21H2,1-7H3,(H,68,69)/t23-,24+,25+,26+,27-,28+,29-,30+,31+,32+,33-,34-,35-,36-,37-,38+,39+,40+,41-,42+,44+,45-,46-,47+,51-,52+,53+,54-/m0/s1. The van der Waals surface area contributed by atoms with Gasteiger partial charge in [0, 0.05) is 0 Å². The van der Waals surface area contributed by atoms with Gasteiger partial charge in [-0.05, 0) is 109 Å². The normalized spacial score (nSPS) is 52.8. The van der Waals surface area contributed by atoms with Crippen LogP contribution in [0, 0.1) is 50.2 Å². The highest BCUT2D eigenvalue weighted by molar-refractivity contribution is 5.79. The average molecular weight is 1120 g/mol. The summed E-state index contributed by atoms with van der Waals surface area (Å²) in [5.41, 5.74) is -1.56. The summed E-state index contributed by atoms with van der Waals surface area (Å²) in [4.78, 5) is 27.4. The van der Waals surface area contributed by atoms with Crippen molar-refractivity contribution in [2.24, 2.45) is 50.2 Å². The van der Waals surface area contributed by atoms with E-state index in [0.717, 1.165) is 12.8 Å². The summed E-state index contributed by atoms with van der Waals surface area (Å²) in [5, 5.41) is 148. The van der Waals surface area contributed by atoms with Crippen LogP contribution in [0.1, 0.15) is 113 Å². The Bertz CT molecular complexity index is 2190. The Morgan fingerprint density at radius 3 is 1.76 bits per heavy atom. The molecule has 4 saturated heterocycles. The molecule has 5 aliphatic carbocycles. The first-order valence-corrected chi connectivity index (χ1v) is 27.8. The second kappa shape index (κ2) is 21.8. The lowest BCUT2D eigenvalue weighted by Gasteiger charge is -2.71. The maximum absolute atomic E-state index is 15.1. The van der Waals surface area contributed by atoms with Gasteiger partial charge in [-0.2, -0.15) is 0 Å². The van der Waals surface area contributed by atoms with Crippen LogP contribution in [-0.2, 0) is 47.5 Å². The van der Waals surface area contributed by atoms with Crippen LogP contribution in [0.2, 0.25) is 0 Å². The molecule has 8 fully saturated rings. The molecule has 0 unspecified atom stereocenters. The van der Waals surface area contributed by atoms with Gasteiger partial charge < -0.3 is 109 Å². The van der Waals surface area contributed by atoms with Crippen molar-refractivity contribution >= 4 is 11.9 Å². The lowest BCUT2D eigenvalue weighted by atomic mass is 9.33. The van der Waals surface area contributed by atoms with Gasteiger partial charge in [-0.25, -0.2) is 4.79 Å². The van der Waals surface area contributed by atoms with Crippen molar-refractivity contribution in [1.29, 1.82) is 0 Å². The third-order valence-corrected chi connectivity index (χ3v) is 21.4. The molecule has 446 valence electrons. The maximum atomic E-state index is 15.1. The molecule has 0 aromatic heterocycles. The van der Waals surface area contributed by atoms with Gasteiger partial charge in [0.05, 0.1) is 31.3 Å². The molecule has 24 nitrogen and oxygen atoms in total. The molecular weight excluding hydrogens is 1030 g/mol. The molecule has 9 aliphatic rings. The zero-order valence-corrected chi connectivity index (χ0v) is 45.5. The number of carbonyl (C=O) groups is 2. The first-order valence-electron chi connectivity index (χ1n) is 27.8. The van der Waals surface area contributed by atoms with E-state index in [1.165, 1.54) is 5.57 Å². The summed E-state index contributed by atoms with van der Waals surface area (Å²) >= 11 is 0. The van der Waals surface area contributed by atoms with Crippen LogP contribution >= 0.6 is 0 Å². The molecule has 0 spiro atoms. The predicted octanol–water partition coefficient (Wildman–Crippen LogP) is -1.94. The predicted molar refractivity (Wildman–Crippen MR) is 263 cm³/mol. The van der Waals surface area contributed by atoms with Gasteiger partial charge in [0.25, 0.3) is 0 Å². The number of aliphatic hydroxyl groups is 13. The molecule has 4 aliphatic heterocycles. The Morgan fingerprint density at radius 2 is 1.14 bits per heavy atom. The van der Waals surface area contributed by atoms with Gasteiger partial charge in [-0.3, -0.25) is 4.79 Å². The summed E-state index contributed by atoms with van der Waals surface area (Å²) < 4.78 is 47.2. The first-order chi connectivity index (χ1) is 36.4. The fourth-order valence-corrected chi connectivity index (χ4v) is 16.4. The minimum Gasteiger partial charge on any atom is -0.479 e. The highest BCUT2D eigenvalue weighted by atomic mass is 16.8. The maximum Gasteiger partial charge on any atom is 0.335 e. The molecule has 0 aromatic rings. The molecule has 9 rings (SSSR count). The van der Waals surface area contributed by atoms with E-state index in [-0.39, 0.29) is 39.4 Å². The van der Waals surface area contributed by atoms with Crippen molar-refractivity contribution in [2.45, 2.75) is 242 Å². The summed E-state index contributed by atoms with van der Waals surface area (Å²) in [7, 11) is 0. The Morgan fingerprint density at radius 1 is 0.577 bits per heavy atom. The lowest BCUT2D eigenvalue weighted by Crippen LogP contribution is -2.67. The molecule has 0 aromatic carbocycles. The molecule has 0 amide bonds. The molecule has 78 heavy (non-hydrogen) atoms. The monoisotopic (exact) mass is 1120 g/mol. The topological polar surface area (TPSA) is 391 Å². The fraction of sp³-hybridized carbons (Fsp3) is 0.926. The highest BCUT2D eigenvalue weighted by Crippen LogP contribution is 2.76. The van der Waals surface area contributed by atoms with Gasteiger partial charge in [-0.15, -0.1) is 0 Å². The van der Waals surface area contributed by atoms with Crippen molar-refractivity contribution in [1.82, 2.24) is 0 Å². The van der Waals surface area contributed by atoms with E-state index >= 15 is 4.79 Å². The number of esters is 1. The summed E-state index contributed by atoms with van der Waals surface area (Å²) in [6.07, 6.45) is -26.2. The molecule has 4 saturated carbocycles. The van der Waals surface area contributed by atoms with E-state index in [4.69, 9.17) is 37.9 Å².